The summed E-state index contributed by atoms with van der Waals surface area (Å²) in [7, 11) is 0. The SMILES string of the molecule is O=C1OC(=O)C2C(CCC3CC4C(=O)OC(=O)C34)CC12.O=C1OC(=O)C2C(CCCC3CC4C(=O)OC(=O)C34)CC12.O=C1OC(=O)C2C(CCCCC3CC4C(=O)OC(=O)C34)CC12. The van der Waals surface area contributed by atoms with E-state index in [4.69, 9.17) is 0 Å². The van der Waals surface area contributed by atoms with Crippen molar-refractivity contribution in [3.05, 3.63) is 0 Å². The van der Waals surface area contributed by atoms with Crippen molar-refractivity contribution in [2.24, 2.45) is 107 Å². The first-order valence-corrected chi connectivity index (χ1v) is 22.7. The molecule has 6 saturated heterocycles. The normalized spacial score (nSPS) is 43.6. The van der Waals surface area contributed by atoms with Gasteiger partial charge in [0.25, 0.3) is 0 Å². The zero-order chi connectivity index (χ0) is 44.2. The van der Waals surface area contributed by atoms with Crippen LogP contribution in [0, 0.1) is 107 Å². The van der Waals surface area contributed by atoms with Gasteiger partial charge in [-0.05, 0) is 113 Å². The monoisotopic (exact) mass is 876 g/mol. The van der Waals surface area contributed by atoms with Crippen molar-refractivity contribution in [1.29, 1.82) is 0 Å². The highest BCUT2D eigenvalue weighted by Gasteiger charge is 2.61. The van der Waals surface area contributed by atoms with Crippen molar-refractivity contribution in [3.8, 4) is 0 Å². The van der Waals surface area contributed by atoms with Gasteiger partial charge in [0.2, 0.25) is 0 Å². The summed E-state index contributed by atoms with van der Waals surface area (Å²) >= 11 is 0. The van der Waals surface area contributed by atoms with Crippen LogP contribution in [-0.2, 0) is 86.0 Å². The maximum atomic E-state index is 11.5. The Morgan fingerprint density at radius 2 is 0.413 bits per heavy atom. The molecule has 336 valence electrons. The molecule has 0 aromatic carbocycles. The summed E-state index contributed by atoms with van der Waals surface area (Å²) in [6.45, 7) is 0. The molecule has 0 bridgehead atoms. The van der Waals surface area contributed by atoms with Crippen LogP contribution in [0.15, 0.2) is 0 Å². The third-order valence-corrected chi connectivity index (χ3v) is 17.1. The van der Waals surface area contributed by atoms with Gasteiger partial charge >= 0.3 is 71.6 Å². The van der Waals surface area contributed by atoms with Crippen molar-refractivity contribution in [2.45, 2.75) is 96.3 Å². The fraction of sp³-hybridized carbons (Fsp3) is 0.733. The van der Waals surface area contributed by atoms with Gasteiger partial charge < -0.3 is 28.4 Å². The van der Waals surface area contributed by atoms with Crippen LogP contribution in [0.25, 0.3) is 0 Å². The lowest BCUT2D eigenvalue weighted by atomic mass is 9.60. The van der Waals surface area contributed by atoms with Crippen LogP contribution in [0.2, 0.25) is 0 Å². The predicted molar refractivity (Wildman–Crippen MR) is 199 cm³/mol. The van der Waals surface area contributed by atoms with E-state index in [-0.39, 0.29) is 166 Å². The van der Waals surface area contributed by atoms with Gasteiger partial charge in [-0.1, -0.05) is 19.3 Å². The molecule has 18 unspecified atom stereocenters. The molecule has 6 aliphatic carbocycles. The Labute approximate surface area is 359 Å². The van der Waals surface area contributed by atoms with Gasteiger partial charge in [-0.25, -0.2) is 0 Å². The Morgan fingerprint density at radius 3 is 0.603 bits per heavy atom. The molecule has 0 aromatic heterocycles. The summed E-state index contributed by atoms with van der Waals surface area (Å²) in [6, 6.07) is 0. The van der Waals surface area contributed by atoms with Crippen LogP contribution in [0.5, 0.6) is 0 Å². The molecule has 12 fully saturated rings. The number of hydrogen-bond acceptors (Lipinski definition) is 18. The second-order valence-corrected chi connectivity index (χ2v) is 20.0. The van der Waals surface area contributed by atoms with E-state index in [1.165, 1.54) is 0 Å². The van der Waals surface area contributed by atoms with E-state index in [0.717, 1.165) is 83.5 Å². The molecule has 12 aliphatic rings. The standard InChI is InChI=1S/C16H18O6.C15H16O6.C14H14O6/c17-13-9-5-7(11(9)15(19)21-13)3-1-2-4-8-6-10-12(8)16(20)22-14(10)18;16-12-8-4-6(10(8)14(18)20-12)2-1-3-7-5-9-11(7)15(19)21-13(9)17;15-11-7-3-5(9(7)13(17)19-11)1-2-6-4-8-10(6)14(18)20-12(8)16/h7-12H,1-6H2;6-11H,1-5H2;5-10H,1-4H2. The van der Waals surface area contributed by atoms with Crippen LogP contribution in [0.4, 0.5) is 0 Å². The van der Waals surface area contributed by atoms with Gasteiger partial charge in [0.1, 0.15) is 0 Å². The van der Waals surface area contributed by atoms with E-state index < -0.39 is 11.9 Å². The quantitative estimate of drug-likeness (QED) is 0.118. The first-order chi connectivity index (χ1) is 30.2. The Kier molecular flexibility index (Phi) is 10.5. The average Bonchev–Trinajstić information content (AvgIpc) is 3.81. The lowest BCUT2D eigenvalue weighted by Crippen LogP contribution is -2.42. The minimum atomic E-state index is -0.391. The highest BCUT2D eigenvalue weighted by atomic mass is 16.6. The molecule has 0 radical (unpaired) electrons. The lowest BCUT2D eigenvalue weighted by Gasteiger charge is -2.39. The van der Waals surface area contributed by atoms with E-state index in [1.54, 1.807) is 0 Å². The van der Waals surface area contributed by atoms with Crippen molar-refractivity contribution < 1.29 is 86.0 Å². The van der Waals surface area contributed by atoms with Gasteiger partial charge in [0.05, 0.1) is 71.0 Å². The molecule has 0 spiro atoms. The number of fused-ring (bicyclic) bond motifs is 6. The minimum absolute atomic E-state index is 0.186. The molecule has 6 saturated carbocycles. The largest absolute Gasteiger partial charge is 0.393 e. The third-order valence-electron chi connectivity index (χ3n) is 17.1. The first-order valence-electron chi connectivity index (χ1n) is 22.7. The van der Waals surface area contributed by atoms with E-state index >= 15 is 0 Å². The zero-order valence-corrected chi connectivity index (χ0v) is 34.3. The number of esters is 12. The molecule has 63 heavy (non-hydrogen) atoms. The number of ether oxygens (including phenoxy) is 6. The molecule has 6 aliphatic heterocycles. The Hall–Kier alpha value is -5.16. The predicted octanol–water partition coefficient (Wildman–Crippen LogP) is 2.48. The summed E-state index contributed by atoms with van der Waals surface area (Å²) in [5, 5.41) is 0. The molecule has 18 heteroatoms. The van der Waals surface area contributed by atoms with Crippen LogP contribution in [0.1, 0.15) is 96.3 Å². The number of unbranched alkanes of at least 4 members (excludes halogenated alkanes) is 1. The molecular weight excluding hydrogens is 828 g/mol. The smallest absolute Gasteiger partial charge is 0.317 e. The molecule has 0 amide bonds. The molecule has 0 aromatic rings. The maximum Gasteiger partial charge on any atom is 0.317 e. The maximum absolute atomic E-state index is 11.5. The van der Waals surface area contributed by atoms with E-state index in [2.05, 4.69) is 28.4 Å². The van der Waals surface area contributed by atoms with Crippen molar-refractivity contribution in [1.82, 2.24) is 0 Å². The highest BCUT2D eigenvalue weighted by Crippen LogP contribution is 2.55. The van der Waals surface area contributed by atoms with Crippen LogP contribution < -0.4 is 0 Å². The minimum Gasteiger partial charge on any atom is -0.393 e. The summed E-state index contributed by atoms with van der Waals surface area (Å²) in [5.74, 6) is -5.70. The second-order valence-electron chi connectivity index (χ2n) is 20.0. The topological polar surface area (TPSA) is 260 Å². The Bertz CT molecular complexity index is 1980. The fourth-order valence-electron chi connectivity index (χ4n) is 13.2. The number of hydrogen-bond donors (Lipinski definition) is 0. The first kappa shape index (κ1) is 41.8. The molecule has 18 nitrogen and oxygen atoms in total. The molecular formula is C45H48O18. The van der Waals surface area contributed by atoms with Crippen LogP contribution >= 0.6 is 0 Å². The number of rotatable bonds is 12. The lowest BCUT2D eigenvalue weighted by molar-refractivity contribution is -0.155. The number of cyclic esters (lactones) is 12. The summed E-state index contributed by atoms with van der Waals surface area (Å²) < 4.78 is 27.9. The molecule has 12 rings (SSSR count). The molecule has 18 atom stereocenters. The third kappa shape index (κ3) is 6.95. The van der Waals surface area contributed by atoms with E-state index in [9.17, 15) is 57.5 Å². The van der Waals surface area contributed by atoms with Crippen LogP contribution in [-0.4, -0.2) is 71.6 Å². The van der Waals surface area contributed by atoms with Gasteiger partial charge in [-0.3, -0.25) is 57.5 Å². The van der Waals surface area contributed by atoms with Gasteiger partial charge in [0.15, 0.2) is 0 Å². The van der Waals surface area contributed by atoms with Gasteiger partial charge in [0, 0.05) is 0 Å². The second kappa shape index (κ2) is 15.8. The number of carbonyl (C=O) groups excluding carboxylic acids is 12. The zero-order valence-electron chi connectivity index (χ0n) is 34.3. The summed E-state index contributed by atoms with van der Waals surface area (Å²) in [5.41, 5.74) is 0. The van der Waals surface area contributed by atoms with Gasteiger partial charge in [-0.15, -0.1) is 0 Å². The van der Waals surface area contributed by atoms with Crippen molar-refractivity contribution >= 4 is 71.6 Å². The average molecular weight is 877 g/mol. The molecule has 0 N–H and O–H groups in total. The number of carbonyl (C=O) groups is 12. The fourth-order valence-corrected chi connectivity index (χ4v) is 13.2. The molecule has 6 heterocycles. The Morgan fingerprint density at radius 1 is 0.238 bits per heavy atom. The van der Waals surface area contributed by atoms with E-state index in [0.29, 0.717) is 12.8 Å². The summed E-state index contributed by atoms with van der Waals surface area (Å²) in [6.07, 6.45) is 12.5. The Balaban J connectivity index is 0.000000112. The van der Waals surface area contributed by atoms with E-state index in [1.807, 2.05) is 0 Å². The van der Waals surface area contributed by atoms with Crippen molar-refractivity contribution in [3.63, 3.8) is 0 Å². The van der Waals surface area contributed by atoms with Gasteiger partial charge in [-0.2, -0.15) is 0 Å². The van der Waals surface area contributed by atoms with Crippen LogP contribution in [0.3, 0.4) is 0 Å². The highest BCUT2D eigenvalue weighted by molar-refractivity contribution is 6.01. The van der Waals surface area contributed by atoms with Crippen molar-refractivity contribution in [2.75, 3.05) is 0 Å². The summed E-state index contributed by atoms with van der Waals surface area (Å²) in [4.78, 5) is 137.